The summed E-state index contributed by atoms with van der Waals surface area (Å²) in [6, 6.07) is 15.8. The Morgan fingerprint density at radius 3 is 2.27 bits per heavy atom. The Morgan fingerprint density at radius 1 is 1.00 bits per heavy atom. The van der Waals surface area contributed by atoms with E-state index in [4.69, 9.17) is 5.73 Å². The molecule has 1 aromatic carbocycles. The molecular formula is C13H14N2. The van der Waals surface area contributed by atoms with E-state index in [0.717, 1.165) is 11.3 Å². The van der Waals surface area contributed by atoms with Gasteiger partial charge in [-0.15, -0.1) is 0 Å². The van der Waals surface area contributed by atoms with Crippen molar-refractivity contribution in [2.45, 2.75) is 12.5 Å². The number of benzene rings is 1. The van der Waals surface area contributed by atoms with Crippen molar-refractivity contribution < 1.29 is 0 Å². The zero-order valence-electron chi connectivity index (χ0n) is 8.72. The first-order valence-corrected chi connectivity index (χ1v) is 4.97. The predicted octanol–water partition coefficient (Wildman–Crippen LogP) is 2.30. The smallest absolute Gasteiger partial charge is 0.0810 e. The normalized spacial score (nSPS) is 14.5. The van der Waals surface area contributed by atoms with E-state index in [9.17, 15) is 0 Å². The number of rotatable bonds is 2. The molecule has 0 aliphatic heterocycles. The van der Waals surface area contributed by atoms with Crippen LogP contribution in [-0.4, -0.2) is 4.98 Å². The van der Waals surface area contributed by atoms with Gasteiger partial charge in [-0.2, -0.15) is 0 Å². The standard InChI is InChI=1S/C13H14N2/c1-13(14,11-7-3-2-4-8-11)12-9-5-6-10-15-12/h2-10H,14H2,1H3/t13-/m0/s1. The van der Waals surface area contributed by atoms with Gasteiger partial charge in [0.15, 0.2) is 0 Å². The molecule has 1 aromatic heterocycles. The molecule has 0 amide bonds. The fourth-order valence-electron chi connectivity index (χ4n) is 1.60. The first-order valence-electron chi connectivity index (χ1n) is 4.97. The van der Waals surface area contributed by atoms with Crippen molar-refractivity contribution in [2.24, 2.45) is 5.73 Å². The minimum absolute atomic E-state index is 0.525. The van der Waals surface area contributed by atoms with Gasteiger partial charge in [0.2, 0.25) is 0 Å². The van der Waals surface area contributed by atoms with Gasteiger partial charge >= 0.3 is 0 Å². The Bertz CT molecular complexity index is 379. The molecule has 0 aliphatic carbocycles. The molecule has 0 saturated heterocycles. The second-order valence-corrected chi connectivity index (χ2v) is 3.78. The molecule has 76 valence electrons. The monoisotopic (exact) mass is 198 g/mol. The fourth-order valence-corrected chi connectivity index (χ4v) is 1.60. The first-order chi connectivity index (χ1) is 7.21. The minimum Gasteiger partial charge on any atom is -0.317 e. The Hall–Kier alpha value is -1.67. The number of hydrogen-bond acceptors (Lipinski definition) is 2. The zero-order valence-corrected chi connectivity index (χ0v) is 8.72. The van der Waals surface area contributed by atoms with Crippen LogP contribution in [-0.2, 0) is 5.54 Å². The van der Waals surface area contributed by atoms with Crippen LogP contribution in [0.25, 0.3) is 0 Å². The summed E-state index contributed by atoms with van der Waals surface area (Å²) in [5.41, 5.74) is 7.73. The van der Waals surface area contributed by atoms with E-state index in [1.807, 2.05) is 55.5 Å². The maximum atomic E-state index is 6.30. The molecule has 0 saturated carbocycles. The molecule has 0 radical (unpaired) electrons. The second kappa shape index (κ2) is 3.83. The lowest BCUT2D eigenvalue weighted by Gasteiger charge is -2.24. The van der Waals surface area contributed by atoms with Gasteiger partial charge < -0.3 is 5.73 Å². The summed E-state index contributed by atoms with van der Waals surface area (Å²) in [5, 5.41) is 0. The highest BCUT2D eigenvalue weighted by molar-refractivity contribution is 5.32. The van der Waals surface area contributed by atoms with E-state index < -0.39 is 5.54 Å². The van der Waals surface area contributed by atoms with Gasteiger partial charge in [0, 0.05) is 6.20 Å². The van der Waals surface area contributed by atoms with Crippen LogP contribution in [0.3, 0.4) is 0 Å². The Kier molecular flexibility index (Phi) is 2.52. The molecule has 15 heavy (non-hydrogen) atoms. The van der Waals surface area contributed by atoms with E-state index in [-0.39, 0.29) is 0 Å². The summed E-state index contributed by atoms with van der Waals surface area (Å²) < 4.78 is 0. The fraction of sp³-hybridized carbons (Fsp3) is 0.154. The van der Waals surface area contributed by atoms with E-state index in [0.29, 0.717) is 0 Å². The Balaban J connectivity index is 2.44. The molecule has 2 nitrogen and oxygen atoms in total. The summed E-state index contributed by atoms with van der Waals surface area (Å²) in [5.74, 6) is 0. The van der Waals surface area contributed by atoms with Crippen LogP contribution >= 0.6 is 0 Å². The third-order valence-electron chi connectivity index (χ3n) is 2.57. The topological polar surface area (TPSA) is 38.9 Å². The van der Waals surface area contributed by atoms with Crippen LogP contribution in [0.4, 0.5) is 0 Å². The number of nitrogens with zero attached hydrogens (tertiary/aromatic N) is 1. The van der Waals surface area contributed by atoms with Gasteiger partial charge in [-0.25, -0.2) is 0 Å². The highest BCUT2D eigenvalue weighted by atomic mass is 14.8. The predicted molar refractivity (Wildman–Crippen MR) is 61.3 cm³/mol. The average Bonchev–Trinajstić information content (AvgIpc) is 2.31. The molecule has 0 bridgehead atoms. The van der Waals surface area contributed by atoms with Gasteiger partial charge in [0.25, 0.3) is 0 Å². The number of hydrogen-bond donors (Lipinski definition) is 1. The van der Waals surface area contributed by atoms with E-state index in [1.165, 1.54) is 0 Å². The van der Waals surface area contributed by atoms with Crippen LogP contribution in [0.1, 0.15) is 18.2 Å². The second-order valence-electron chi connectivity index (χ2n) is 3.78. The summed E-state index contributed by atoms with van der Waals surface area (Å²) >= 11 is 0. The van der Waals surface area contributed by atoms with Gasteiger partial charge in [-0.1, -0.05) is 36.4 Å². The van der Waals surface area contributed by atoms with E-state index >= 15 is 0 Å². The molecule has 2 N–H and O–H groups in total. The van der Waals surface area contributed by atoms with E-state index in [1.54, 1.807) is 6.20 Å². The SMILES string of the molecule is C[C@](N)(c1ccccc1)c1ccccn1. The molecule has 0 unspecified atom stereocenters. The third kappa shape index (κ3) is 1.90. The maximum Gasteiger partial charge on any atom is 0.0810 e. The van der Waals surface area contributed by atoms with Crippen LogP contribution in [0.5, 0.6) is 0 Å². The highest BCUT2D eigenvalue weighted by Gasteiger charge is 2.24. The summed E-state index contributed by atoms with van der Waals surface area (Å²) in [7, 11) is 0. The molecule has 2 heteroatoms. The number of nitrogens with two attached hydrogens (primary N) is 1. The molecule has 2 rings (SSSR count). The number of aromatic nitrogens is 1. The molecule has 1 heterocycles. The summed E-state index contributed by atoms with van der Waals surface area (Å²) in [6.07, 6.45) is 1.77. The minimum atomic E-state index is -0.525. The largest absolute Gasteiger partial charge is 0.317 e. The lowest BCUT2D eigenvalue weighted by Crippen LogP contribution is -2.35. The van der Waals surface area contributed by atoms with Gasteiger partial charge in [0.05, 0.1) is 11.2 Å². The van der Waals surface area contributed by atoms with Crippen LogP contribution < -0.4 is 5.73 Å². The molecule has 0 fully saturated rings. The lowest BCUT2D eigenvalue weighted by molar-refractivity contribution is 0.582. The van der Waals surface area contributed by atoms with E-state index in [2.05, 4.69) is 4.98 Å². The van der Waals surface area contributed by atoms with Crippen LogP contribution in [0, 0.1) is 0 Å². The molecule has 1 atom stereocenters. The molecule has 0 aliphatic rings. The van der Waals surface area contributed by atoms with Crippen molar-refractivity contribution in [3.05, 3.63) is 66.0 Å². The highest BCUT2D eigenvalue weighted by Crippen LogP contribution is 2.23. The molecular weight excluding hydrogens is 184 g/mol. The summed E-state index contributed by atoms with van der Waals surface area (Å²) in [6.45, 7) is 1.98. The average molecular weight is 198 g/mol. The van der Waals surface area contributed by atoms with Crippen molar-refractivity contribution in [3.8, 4) is 0 Å². The third-order valence-corrected chi connectivity index (χ3v) is 2.57. The number of pyridine rings is 1. The van der Waals surface area contributed by atoms with Crippen molar-refractivity contribution in [2.75, 3.05) is 0 Å². The lowest BCUT2D eigenvalue weighted by atomic mass is 9.89. The first kappa shape index (κ1) is 9.87. The van der Waals surface area contributed by atoms with Crippen LogP contribution in [0.15, 0.2) is 54.7 Å². The maximum absolute atomic E-state index is 6.30. The van der Waals surface area contributed by atoms with Gasteiger partial charge in [0.1, 0.15) is 0 Å². The molecule has 0 spiro atoms. The quantitative estimate of drug-likeness (QED) is 0.804. The van der Waals surface area contributed by atoms with Crippen molar-refractivity contribution in [1.29, 1.82) is 0 Å². The summed E-state index contributed by atoms with van der Waals surface area (Å²) in [4.78, 5) is 4.30. The van der Waals surface area contributed by atoms with Gasteiger partial charge in [-0.3, -0.25) is 4.98 Å². The van der Waals surface area contributed by atoms with Crippen LogP contribution in [0.2, 0.25) is 0 Å². The van der Waals surface area contributed by atoms with Crippen molar-refractivity contribution >= 4 is 0 Å². The van der Waals surface area contributed by atoms with Crippen molar-refractivity contribution in [1.82, 2.24) is 4.98 Å². The van der Waals surface area contributed by atoms with Gasteiger partial charge in [-0.05, 0) is 24.6 Å². The zero-order chi connectivity index (χ0) is 10.7. The Labute approximate surface area is 89.8 Å². The Morgan fingerprint density at radius 2 is 1.67 bits per heavy atom. The van der Waals surface area contributed by atoms with Crippen molar-refractivity contribution in [3.63, 3.8) is 0 Å². The molecule has 2 aromatic rings.